The van der Waals surface area contributed by atoms with Gasteiger partial charge in [0.05, 0.1) is 6.04 Å². The van der Waals surface area contributed by atoms with Crippen LogP contribution in [0.25, 0.3) is 0 Å². The lowest BCUT2D eigenvalue weighted by Gasteiger charge is -2.30. The number of carbonyl (C=O) groups excluding carboxylic acids is 3. The van der Waals surface area contributed by atoms with Crippen LogP contribution in [0.4, 0.5) is 0 Å². The Kier molecular flexibility index (Phi) is 10.4. The molecule has 8 N–H and O–H groups in total. The number of benzene rings is 3. The lowest BCUT2D eigenvalue weighted by atomic mass is 10.0. The second-order valence-electron chi connectivity index (χ2n) is 10.9. The summed E-state index contributed by atoms with van der Waals surface area (Å²) in [7, 11) is 0. The molecule has 0 radical (unpaired) electrons. The predicted molar refractivity (Wildman–Crippen MR) is 160 cm³/mol. The van der Waals surface area contributed by atoms with Crippen molar-refractivity contribution < 1.29 is 39.6 Å². The summed E-state index contributed by atoms with van der Waals surface area (Å²) in [6, 6.07) is 14.0. The fraction of sp³-hybridized carbons (Fsp3) is 0.312. The van der Waals surface area contributed by atoms with E-state index >= 15 is 0 Å². The average Bonchev–Trinajstić information content (AvgIpc) is 3.49. The summed E-state index contributed by atoms with van der Waals surface area (Å²) < 4.78 is 0. The summed E-state index contributed by atoms with van der Waals surface area (Å²) in [6.07, 6.45) is 0.989. The van der Waals surface area contributed by atoms with Crippen molar-refractivity contribution in [1.82, 2.24) is 15.5 Å². The van der Waals surface area contributed by atoms with Gasteiger partial charge in [0, 0.05) is 19.4 Å². The van der Waals surface area contributed by atoms with Gasteiger partial charge in [-0.2, -0.15) is 0 Å². The lowest BCUT2D eigenvalue weighted by molar-refractivity contribution is -0.144. The van der Waals surface area contributed by atoms with E-state index in [0.29, 0.717) is 29.5 Å². The lowest BCUT2D eigenvalue weighted by Crippen LogP contribution is -2.57. The molecule has 3 aromatic carbocycles. The van der Waals surface area contributed by atoms with E-state index < -0.39 is 47.9 Å². The Bertz CT molecular complexity index is 1460. The van der Waals surface area contributed by atoms with Crippen LogP contribution < -0.4 is 16.4 Å². The van der Waals surface area contributed by atoms with Crippen LogP contribution in [-0.2, 0) is 38.4 Å². The fourth-order valence-corrected chi connectivity index (χ4v) is 5.16. The molecule has 4 atom stereocenters. The number of nitrogens with one attached hydrogen (secondary N) is 2. The third-order valence-electron chi connectivity index (χ3n) is 7.55. The second-order valence-corrected chi connectivity index (χ2v) is 10.9. The molecule has 44 heavy (non-hydrogen) atoms. The standard InChI is InChI=1S/C32H36N4O8/c33-25(16-19-3-9-22(37)10-4-19)29(40)34-26(17-20-5-11-23(38)12-6-20)31(42)36-15-1-2-28(36)30(41)35-27(32(43)44)18-21-7-13-24(39)14-8-21/h3-14,25-28,37-39H,1-2,15-18,33H2,(H,34,40)(H,35,41)(H,43,44). The molecular formula is C32H36N4O8. The number of nitrogens with zero attached hydrogens (tertiary/aromatic N) is 1. The maximum Gasteiger partial charge on any atom is 0.326 e. The van der Waals surface area contributed by atoms with E-state index in [1.807, 2.05) is 0 Å². The number of phenolic OH excluding ortho intramolecular Hbond substituents is 3. The third-order valence-corrected chi connectivity index (χ3v) is 7.55. The molecule has 1 aliphatic heterocycles. The molecule has 1 fully saturated rings. The zero-order valence-electron chi connectivity index (χ0n) is 23.9. The number of hydrogen-bond donors (Lipinski definition) is 7. The molecule has 1 heterocycles. The summed E-state index contributed by atoms with van der Waals surface area (Å²) in [5.74, 6) is -2.84. The number of carboxylic acid groups (broad SMARTS) is 1. The Hall–Kier alpha value is -5.10. The van der Waals surface area contributed by atoms with Crippen molar-refractivity contribution in [2.75, 3.05) is 6.54 Å². The molecule has 0 saturated carbocycles. The van der Waals surface area contributed by atoms with Crippen LogP contribution >= 0.6 is 0 Å². The topological polar surface area (TPSA) is 203 Å². The molecule has 232 valence electrons. The molecule has 3 aromatic rings. The van der Waals surface area contributed by atoms with Crippen molar-refractivity contribution >= 4 is 23.7 Å². The monoisotopic (exact) mass is 604 g/mol. The number of rotatable bonds is 12. The Balaban J connectivity index is 1.49. The molecule has 4 rings (SSSR count). The summed E-state index contributed by atoms with van der Waals surface area (Å²) >= 11 is 0. The molecule has 0 spiro atoms. The van der Waals surface area contributed by atoms with Gasteiger partial charge in [-0.1, -0.05) is 36.4 Å². The summed E-state index contributed by atoms with van der Waals surface area (Å²) in [5.41, 5.74) is 8.12. The third kappa shape index (κ3) is 8.48. The molecule has 12 heteroatoms. The van der Waals surface area contributed by atoms with Crippen LogP contribution in [0.15, 0.2) is 72.8 Å². The highest BCUT2D eigenvalue weighted by Crippen LogP contribution is 2.21. The van der Waals surface area contributed by atoms with E-state index in [9.17, 15) is 39.6 Å². The van der Waals surface area contributed by atoms with Crippen molar-refractivity contribution in [2.45, 2.75) is 56.3 Å². The first kappa shape index (κ1) is 31.8. The van der Waals surface area contributed by atoms with Gasteiger partial charge in [0.15, 0.2) is 0 Å². The highest BCUT2D eigenvalue weighted by Gasteiger charge is 2.39. The number of likely N-dealkylation sites (tertiary alicyclic amines) is 1. The van der Waals surface area contributed by atoms with Crippen molar-refractivity contribution in [3.63, 3.8) is 0 Å². The van der Waals surface area contributed by atoms with Gasteiger partial charge in [0.1, 0.15) is 35.4 Å². The summed E-state index contributed by atoms with van der Waals surface area (Å²) in [5, 5.41) is 43.7. The maximum atomic E-state index is 13.9. The van der Waals surface area contributed by atoms with Crippen LogP contribution in [0.3, 0.4) is 0 Å². The number of phenols is 3. The Morgan fingerprint density at radius 2 is 1.18 bits per heavy atom. The Labute approximate surface area is 254 Å². The summed E-state index contributed by atoms with van der Waals surface area (Å²) in [6.45, 7) is 0.230. The maximum absolute atomic E-state index is 13.9. The normalized spacial score (nSPS) is 16.5. The van der Waals surface area contributed by atoms with E-state index in [1.54, 1.807) is 36.4 Å². The SMILES string of the molecule is NC(Cc1ccc(O)cc1)C(=O)NC(Cc1ccc(O)cc1)C(=O)N1CCCC1C(=O)NC(Cc1ccc(O)cc1)C(=O)O. The highest BCUT2D eigenvalue weighted by molar-refractivity contribution is 5.94. The van der Waals surface area contributed by atoms with E-state index in [0.717, 1.165) is 0 Å². The van der Waals surface area contributed by atoms with Gasteiger partial charge in [0.2, 0.25) is 17.7 Å². The fourth-order valence-electron chi connectivity index (χ4n) is 5.16. The molecule has 12 nitrogen and oxygen atoms in total. The summed E-state index contributed by atoms with van der Waals surface area (Å²) in [4.78, 5) is 53.7. The van der Waals surface area contributed by atoms with Gasteiger partial charge in [0.25, 0.3) is 0 Å². The van der Waals surface area contributed by atoms with Gasteiger partial charge in [-0.25, -0.2) is 4.79 Å². The molecule has 0 aromatic heterocycles. The molecule has 1 aliphatic rings. The number of aliphatic carboxylic acids is 1. The first-order valence-electron chi connectivity index (χ1n) is 14.2. The van der Waals surface area contributed by atoms with E-state index in [1.165, 1.54) is 41.3 Å². The van der Waals surface area contributed by atoms with Crippen molar-refractivity contribution in [3.05, 3.63) is 89.5 Å². The minimum atomic E-state index is -1.27. The smallest absolute Gasteiger partial charge is 0.326 e. The van der Waals surface area contributed by atoms with Crippen LogP contribution in [0.1, 0.15) is 29.5 Å². The zero-order valence-corrected chi connectivity index (χ0v) is 23.9. The number of carboxylic acids is 1. The van der Waals surface area contributed by atoms with Gasteiger partial charge in [-0.3, -0.25) is 14.4 Å². The Morgan fingerprint density at radius 3 is 1.66 bits per heavy atom. The van der Waals surface area contributed by atoms with Crippen molar-refractivity contribution in [2.24, 2.45) is 5.73 Å². The van der Waals surface area contributed by atoms with E-state index in [2.05, 4.69) is 10.6 Å². The van der Waals surface area contributed by atoms with E-state index in [4.69, 9.17) is 5.73 Å². The number of nitrogens with two attached hydrogens (primary N) is 1. The minimum absolute atomic E-state index is 0.0273. The van der Waals surface area contributed by atoms with Crippen LogP contribution in [0.2, 0.25) is 0 Å². The molecule has 1 saturated heterocycles. The quantitative estimate of drug-likeness (QED) is 0.159. The molecule has 0 bridgehead atoms. The van der Waals surface area contributed by atoms with Gasteiger partial charge >= 0.3 is 5.97 Å². The first-order valence-corrected chi connectivity index (χ1v) is 14.2. The van der Waals surface area contributed by atoms with Crippen LogP contribution in [0.5, 0.6) is 17.2 Å². The molecule has 3 amide bonds. The molecule has 0 aliphatic carbocycles. The predicted octanol–water partition coefficient (Wildman–Crippen LogP) is 1.20. The number of amides is 3. The van der Waals surface area contributed by atoms with Crippen molar-refractivity contribution in [1.29, 1.82) is 0 Å². The van der Waals surface area contributed by atoms with Crippen molar-refractivity contribution in [3.8, 4) is 17.2 Å². The average molecular weight is 605 g/mol. The second kappa shape index (κ2) is 14.4. The van der Waals surface area contributed by atoms with Crippen LogP contribution in [-0.4, -0.2) is 79.7 Å². The molecular weight excluding hydrogens is 568 g/mol. The molecule has 4 unspecified atom stereocenters. The van der Waals surface area contributed by atoms with Gasteiger partial charge < -0.3 is 41.7 Å². The zero-order chi connectivity index (χ0) is 31.8. The van der Waals surface area contributed by atoms with Gasteiger partial charge in [-0.05, 0) is 72.4 Å². The van der Waals surface area contributed by atoms with Crippen LogP contribution in [0, 0.1) is 0 Å². The highest BCUT2D eigenvalue weighted by atomic mass is 16.4. The number of carbonyl (C=O) groups is 4. The largest absolute Gasteiger partial charge is 0.508 e. The Morgan fingerprint density at radius 1 is 0.727 bits per heavy atom. The van der Waals surface area contributed by atoms with E-state index in [-0.39, 0.29) is 43.1 Å². The first-order chi connectivity index (χ1) is 21.0. The van der Waals surface area contributed by atoms with Gasteiger partial charge in [-0.15, -0.1) is 0 Å². The minimum Gasteiger partial charge on any atom is -0.508 e. The number of aromatic hydroxyl groups is 3. The number of hydrogen-bond acceptors (Lipinski definition) is 8.